The Balaban J connectivity index is 1.41. The molecule has 51 heavy (non-hydrogen) atoms. The number of H-pyrrole nitrogens is 1. The fourth-order valence-corrected chi connectivity index (χ4v) is 6.27. The molecule has 5 aromatic rings. The van der Waals surface area contributed by atoms with Crippen LogP contribution in [0.2, 0.25) is 0 Å². The molecule has 8 nitrogen and oxygen atoms in total. The van der Waals surface area contributed by atoms with E-state index in [1.54, 1.807) is 17.2 Å². The highest BCUT2D eigenvalue weighted by Crippen LogP contribution is 2.38. The van der Waals surface area contributed by atoms with Crippen LogP contribution in [0.1, 0.15) is 83.4 Å². The van der Waals surface area contributed by atoms with Gasteiger partial charge in [0.1, 0.15) is 23.7 Å². The molecule has 0 bridgehead atoms. The van der Waals surface area contributed by atoms with Crippen molar-refractivity contribution in [1.82, 2.24) is 14.9 Å². The van der Waals surface area contributed by atoms with Crippen LogP contribution in [0.15, 0.2) is 95.9 Å². The van der Waals surface area contributed by atoms with Crippen molar-refractivity contribution in [3.05, 3.63) is 118 Å². The van der Waals surface area contributed by atoms with Gasteiger partial charge in [-0.15, -0.1) is 0 Å². The van der Waals surface area contributed by atoms with Gasteiger partial charge in [0.2, 0.25) is 0 Å². The van der Waals surface area contributed by atoms with Crippen LogP contribution >= 0.6 is 0 Å². The predicted molar refractivity (Wildman–Crippen MR) is 211 cm³/mol. The number of hydrogen-bond donors (Lipinski definition) is 2. The van der Waals surface area contributed by atoms with Crippen molar-refractivity contribution >= 4 is 28.4 Å². The lowest BCUT2D eigenvalue weighted by Gasteiger charge is -2.27. The lowest BCUT2D eigenvalue weighted by molar-refractivity contribution is 0.210. The zero-order valence-electron chi connectivity index (χ0n) is 31.2. The van der Waals surface area contributed by atoms with Gasteiger partial charge < -0.3 is 15.0 Å². The number of nitrogens with one attached hydrogen (secondary N) is 2. The summed E-state index contributed by atoms with van der Waals surface area (Å²) >= 11 is 0. The van der Waals surface area contributed by atoms with E-state index in [1.165, 1.54) is 5.56 Å². The summed E-state index contributed by atoms with van der Waals surface area (Å²) < 4.78 is 6.28. The molecule has 2 heterocycles. The molecular formula is C43H53N5O3. The third-order valence-corrected chi connectivity index (χ3v) is 9.28. The number of likely N-dealkylation sites (N-methyl/N-ethyl adjacent to an activating group) is 1. The highest BCUT2D eigenvalue weighted by atomic mass is 16.5. The molecule has 0 saturated carbocycles. The van der Waals surface area contributed by atoms with Crippen LogP contribution in [0.5, 0.6) is 5.75 Å². The van der Waals surface area contributed by atoms with Crippen LogP contribution < -0.4 is 20.5 Å². The van der Waals surface area contributed by atoms with Crippen molar-refractivity contribution in [3.63, 3.8) is 0 Å². The van der Waals surface area contributed by atoms with Crippen molar-refractivity contribution in [2.45, 2.75) is 73.3 Å². The number of rotatable bonds is 15. The van der Waals surface area contributed by atoms with Crippen LogP contribution in [0.3, 0.4) is 0 Å². The number of carbonyl (C=O) groups is 1. The van der Waals surface area contributed by atoms with Crippen LogP contribution in [0.4, 0.5) is 16.2 Å². The van der Waals surface area contributed by atoms with Gasteiger partial charge in [0, 0.05) is 36.9 Å². The Kier molecular flexibility index (Phi) is 12.7. The number of hydrogen-bond acceptors (Lipinski definition) is 5. The zero-order chi connectivity index (χ0) is 36.5. The quantitative estimate of drug-likeness (QED) is 0.114. The number of aromatic amines is 1. The highest BCUT2D eigenvalue weighted by Gasteiger charge is 2.24. The fraction of sp³-hybridized carbons (Fsp3) is 0.372. The molecule has 3 aromatic carbocycles. The van der Waals surface area contributed by atoms with Crippen molar-refractivity contribution in [3.8, 4) is 16.9 Å². The number of amides is 2. The van der Waals surface area contributed by atoms with Crippen LogP contribution in [-0.4, -0.2) is 47.1 Å². The third-order valence-electron chi connectivity index (χ3n) is 9.28. The molecule has 0 atom stereocenters. The van der Waals surface area contributed by atoms with Crippen molar-refractivity contribution in [2.24, 2.45) is 5.92 Å². The maximum Gasteiger partial charge on any atom is 0.326 e. The van der Waals surface area contributed by atoms with E-state index in [0.29, 0.717) is 30.4 Å². The van der Waals surface area contributed by atoms with E-state index >= 15 is 0 Å². The lowest BCUT2D eigenvalue weighted by Crippen LogP contribution is -2.40. The Bertz CT molecular complexity index is 1940. The largest absolute Gasteiger partial charge is 0.492 e. The molecule has 2 N–H and O–H groups in total. The maximum atomic E-state index is 14.3. The number of nitrogens with zero attached hydrogens (tertiary/aromatic N) is 3. The minimum Gasteiger partial charge on any atom is -0.492 e. The Morgan fingerprint density at radius 3 is 2.24 bits per heavy atom. The smallest absolute Gasteiger partial charge is 0.326 e. The number of benzene rings is 3. The first-order chi connectivity index (χ1) is 24.5. The Morgan fingerprint density at radius 2 is 1.57 bits per heavy atom. The normalized spacial score (nSPS) is 11.6. The van der Waals surface area contributed by atoms with Crippen molar-refractivity contribution in [1.29, 1.82) is 0 Å². The van der Waals surface area contributed by atoms with E-state index in [9.17, 15) is 9.59 Å². The zero-order valence-corrected chi connectivity index (χ0v) is 31.2. The Labute approximate surface area is 302 Å². The molecule has 2 amide bonds. The Morgan fingerprint density at radius 1 is 0.843 bits per heavy atom. The van der Waals surface area contributed by atoms with E-state index in [0.717, 1.165) is 65.1 Å². The minimum absolute atomic E-state index is 0.126. The summed E-state index contributed by atoms with van der Waals surface area (Å²) in [5, 5.41) is 4.05. The van der Waals surface area contributed by atoms with Crippen LogP contribution in [0.25, 0.3) is 22.2 Å². The van der Waals surface area contributed by atoms with Crippen LogP contribution in [-0.2, 0) is 6.54 Å². The number of ether oxygens (including phenoxy) is 1. The van der Waals surface area contributed by atoms with Gasteiger partial charge in [-0.05, 0) is 101 Å². The fourth-order valence-electron chi connectivity index (χ4n) is 6.27. The molecule has 268 valence electrons. The van der Waals surface area contributed by atoms with Gasteiger partial charge in [-0.3, -0.25) is 14.6 Å². The van der Waals surface area contributed by atoms with E-state index in [2.05, 4.69) is 117 Å². The molecule has 8 heteroatoms. The molecule has 0 radical (unpaired) electrons. The molecule has 0 aliphatic heterocycles. The van der Waals surface area contributed by atoms with Gasteiger partial charge in [0.05, 0.1) is 0 Å². The van der Waals surface area contributed by atoms with Gasteiger partial charge in [-0.2, -0.15) is 0 Å². The Hall–Kier alpha value is -4.95. The van der Waals surface area contributed by atoms with Gasteiger partial charge >= 0.3 is 6.03 Å². The second-order valence-corrected chi connectivity index (χ2v) is 14.3. The number of aromatic nitrogens is 2. The summed E-state index contributed by atoms with van der Waals surface area (Å²) in [5.41, 5.74) is 6.76. The molecule has 5 rings (SSSR count). The van der Waals surface area contributed by atoms with Crippen molar-refractivity contribution < 1.29 is 9.53 Å². The number of anilines is 2. The summed E-state index contributed by atoms with van der Waals surface area (Å²) in [6, 6.07) is 28.3. The molecule has 0 aliphatic carbocycles. The second-order valence-electron chi connectivity index (χ2n) is 14.3. The summed E-state index contributed by atoms with van der Waals surface area (Å²) in [7, 11) is 0. The number of pyridine rings is 2. The summed E-state index contributed by atoms with van der Waals surface area (Å²) in [4.78, 5) is 38.7. The molecule has 0 fully saturated rings. The highest BCUT2D eigenvalue weighted by molar-refractivity contribution is 6.03. The minimum atomic E-state index is -0.343. The average molecular weight is 688 g/mol. The SMILES string of the molecule is CCN(CCOc1cccc(-c2cc(C(C)C)c(NC(=O)N(CCC(C)C)c3cc4cccnc4[nH]c3=O)c(C(C)C)c2)c1)Cc1ccccc1. The number of urea groups is 1. The van der Waals surface area contributed by atoms with E-state index in [1.807, 2.05) is 30.3 Å². The van der Waals surface area contributed by atoms with Gasteiger partial charge in [-0.25, -0.2) is 9.78 Å². The molecule has 0 unspecified atom stereocenters. The molecule has 0 saturated heterocycles. The lowest BCUT2D eigenvalue weighted by atomic mass is 9.88. The summed E-state index contributed by atoms with van der Waals surface area (Å²) in [6.07, 6.45) is 2.38. The first kappa shape index (κ1) is 37.3. The molecule has 0 spiro atoms. The first-order valence-electron chi connectivity index (χ1n) is 18.3. The van der Waals surface area contributed by atoms with Gasteiger partial charge in [0.25, 0.3) is 5.56 Å². The average Bonchev–Trinajstić information content (AvgIpc) is 3.11. The van der Waals surface area contributed by atoms with E-state index in [4.69, 9.17) is 4.74 Å². The van der Waals surface area contributed by atoms with Gasteiger partial charge in [0.15, 0.2) is 0 Å². The first-order valence-corrected chi connectivity index (χ1v) is 18.3. The molecule has 0 aliphatic rings. The maximum absolute atomic E-state index is 14.3. The van der Waals surface area contributed by atoms with Crippen molar-refractivity contribution in [2.75, 3.05) is 36.5 Å². The third kappa shape index (κ3) is 9.64. The predicted octanol–water partition coefficient (Wildman–Crippen LogP) is 9.82. The number of fused-ring (bicyclic) bond motifs is 1. The van der Waals surface area contributed by atoms with Gasteiger partial charge in [-0.1, -0.05) is 90.9 Å². The standard InChI is InChI=1S/C43H53N5O3/c1-8-47(28-32-14-10-9-11-15-32)22-23-51-36-18-12-16-33(24-36)35-25-37(30(4)5)40(38(26-35)31(6)7)45-43(50)48(21-19-29(2)3)39-27-34-17-13-20-44-41(34)46-42(39)49/h9-18,20,24-27,29-31H,8,19,21-23,28H2,1-7H3,(H,45,50)(H,44,46,49). The summed E-state index contributed by atoms with van der Waals surface area (Å²) in [6.45, 7) is 18.6. The summed E-state index contributed by atoms with van der Waals surface area (Å²) in [5.74, 6) is 1.43. The molecular weight excluding hydrogens is 635 g/mol. The van der Waals surface area contributed by atoms with E-state index < -0.39 is 0 Å². The number of carbonyl (C=O) groups excluding carboxylic acids is 1. The molecule has 2 aromatic heterocycles. The van der Waals surface area contributed by atoms with E-state index in [-0.39, 0.29) is 23.4 Å². The second kappa shape index (κ2) is 17.3. The van der Waals surface area contributed by atoms with Crippen LogP contribution in [0, 0.1) is 5.92 Å². The monoisotopic (exact) mass is 687 g/mol. The topological polar surface area (TPSA) is 90.6 Å².